The Morgan fingerprint density at radius 3 is 2.70 bits per heavy atom. The maximum atomic E-state index is 11.9. The molecule has 0 radical (unpaired) electrons. The Kier molecular flexibility index (Phi) is 7.27. The van der Waals surface area contributed by atoms with Crippen LogP contribution in [0.2, 0.25) is 5.02 Å². The van der Waals surface area contributed by atoms with E-state index < -0.39 is 5.97 Å². The van der Waals surface area contributed by atoms with E-state index in [2.05, 4.69) is 25.9 Å². The third-order valence-electron chi connectivity index (χ3n) is 4.66. The minimum absolute atomic E-state index is 0.104. The molecule has 33 heavy (non-hydrogen) atoms. The van der Waals surface area contributed by atoms with Crippen molar-refractivity contribution in [1.82, 2.24) is 9.97 Å². The number of nitrogens with zero attached hydrogens (tertiary/aromatic N) is 1. The van der Waals surface area contributed by atoms with E-state index >= 15 is 0 Å². The van der Waals surface area contributed by atoms with Crippen LogP contribution < -0.4 is 9.47 Å². The number of thioether (sulfide) groups is 1. The number of ether oxygens (including phenoxy) is 2. The summed E-state index contributed by atoms with van der Waals surface area (Å²) >= 11 is 10.8. The van der Waals surface area contributed by atoms with Crippen LogP contribution in [0.3, 0.4) is 0 Å². The van der Waals surface area contributed by atoms with Crippen molar-refractivity contribution in [2.24, 2.45) is 0 Å². The molecule has 3 aromatic carbocycles. The molecule has 6 nitrogen and oxygen atoms in total. The number of carboxylic acid groups (broad SMARTS) is 1. The summed E-state index contributed by atoms with van der Waals surface area (Å²) in [5, 5.41) is 10.9. The molecule has 0 aliphatic rings. The highest BCUT2D eigenvalue weighted by Gasteiger charge is 2.16. The van der Waals surface area contributed by atoms with Gasteiger partial charge in [-0.1, -0.05) is 41.9 Å². The van der Waals surface area contributed by atoms with Gasteiger partial charge in [0.25, 0.3) is 0 Å². The lowest BCUT2D eigenvalue weighted by Gasteiger charge is -2.14. The number of aliphatic carboxylic acids is 1. The third-order valence-corrected chi connectivity index (χ3v) is 6.52. The molecule has 2 N–H and O–H groups in total. The van der Waals surface area contributed by atoms with Crippen molar-refractivity contribution in [3.05, 3.63) is 86.2 Å². The van der Waals surface area contributed by atoms with E-state index in [0.717, 1.165) is 28.4 Å². The molecule has 0 aliphatic heterocycles. The van der Waals surface area contributed by atoms with E-state index in [1.165, 1.54) is 7.11 Å². The minimum Gasteiger partial charge on any atom is -0.493 e. The number of benzene rings is 3. The smallest absolute Gasteiger partial charge is 0.342 e. The summed E-state index contributed by atoms with van der Waals surface area (Å²) < 4.78 is 12.1. The highest BCUT2D eigenvalue weighted by Crippen LogP contribution is 2.39. The van der Waals surface area contributed by atoms with Crippen LogP contribution >= 0.6 is 39.3 Å². The van der Waals surface area contributed by atoms with Crippen LogP contribution in [0.5, 0.6) is 11.5 Å². The molecule has 1 heterocycles. The molecule has 4 aromatic rings. The Bertz CT molecular complexity index is 1320. The number of carbonyl (C=O) groups is 1. The van der Waals surface area contributed by atoms with Crippen LogP contribution in [0.4, 0.5) is 0 Å². The van der Waals surface area contributed by atoms with Crippen molar-refractivity contribution in [2.45, 2.75) is 11.8 Å². The summed E-state index contributed by atoms with van der Waals surface area (Å²) in [5.41, 5.74) is 3.08. The Morgan fingerprint density at radius 2 is 1.97 bits per heavy atom. The lowest BCUT2D eigenvalue weighted by atomic mass is 10.2. The zero-order valence-corrected chi connectivity index (χ0v) is 20.5. The van der Waals surface area contributed by atoms with Crippen molar-refractivity contribution in [1.29, 1.82) is 0 Å². The number of H-pyrrole nitrogens is 1. The van der Waals surface area contributed by atoms with Crippen molar-refractivity contribution in [3.8, 4) is 11.5 Å². The molecule has 9 heteroatoms. The second-order valence-corrected chi connectivity index (χ2v) is 9.18. The van der Waals surface area contributed by atoms with Gasteiger partial charge in [0.05, 0.1) is 22.6 Å². The molecule has 0 amide bonds. The zero-order valence-electron chi connectivity index (χ0n) is 17.3. The van der Waals surface area contributed by atoms with E-state index in [1.807, 2.05) is 42.5 Å². The zero-order chi connectivity index (χ0) is 23.4. The SMILES string of the molecule is COc1cc(/C=C(\Sc2nc3ccccc3[nH]2)C(=O)O)cc(Br)c1OCc1ccccc1Cl. The molecule has 0 atom stereocenters. The number of aromatic nitrogens is 2. The third kappa shape index (κ3) is 5.52. The molecule has 0 saturated heterocycles. The summed E-state index contributed by atoms with van der Waals surface area (Å²) in [6.07, 6.45) is 1.56. The quantitative estimate of drug-likeness (QED) is 0.187. The fraction of sp³-hybridized carbons (Fsp3) is 0.0833. The summed E-state index contributed by atoms with van der Waals surface area (Å²) in [4.78, 5) is 19.6. The molecule has 0 spiro atoms. The number of hydrogen-bond donors (Lipinski definition) is 2. The summed E-state index contributed by atoms with van der Waals surface area (Å²) in [7, 11) is 1.53. The predicted molar refractivity (Wildman–Crippen MR) is 134 cm³/mol. The van der Waals surface area contributed by atoms with Gasteiger partial charge in [0, 0.05) is 10.6 Å². The van der Waals surface area contributed by atoms with Gasteiger partial charge in [-0.2, -0.15) is 0 Å². The van der Waals surface area contributed by atoms with Gasteiger partial charge in [0.1, 0.15) is 11.5 Å². The number of fused-ring (bicyclic) bond motifs is 1. The molecule has 4 rings (SSSR count). The first-order valence-corrected chi connectivity index (χ1v) is 11.7. The summed E-state index contributed by atoms with van der Waals surface area (Å²) in [5.74, 6) is -0.105. The average Bonchev–Trinajstić information content (AvgIpc) is 3.21. The predicted octanol–water partition coefficient (Wildman–Crippen LogP) is 6.78. The molecule has 1 aromatic heterocycles. The second-order valence-electron chi connectivity index (χ2n) is 6.89. The Morgan fingerprint density at radius 1 is 1.21 bits per heavy atom. The standard InChI is InChI=1S/C24H18BrClN2O4S/c1-31-20-11-14(10-16(25)22(20)32-13-15-6-2-3-7-17(15)26)12-21(23(29)30)33-24-27-18-8-4-5-9-19(18)28-24/h2-12H,13H2,1H3,(H,27,28)(H,29,30)/b21-12-. The summed E-state index contributed by atoms with van der Waals surface area (Å²) in [6, 6.07) is 18.4. The van der Waals surface area contributed by atoms with Crippen LogP contribution in [-0.2, 0) is 11.4 Å². The average molecular weight is 546 g/mol. The van der Waals surface area contributed by atoms with Crippen LogP contribution in [0.1, 0.15) is 11.1 Å². The highest BCUT2D eigenvalue weighted by molar-refractivity contribution is 9.10. The number of rotatable bonds is 8. The van der Waals surface area contributed by atoms with Crippen LogP contribution in [0.15, 0.2) is 75.2 Å². The largest absolute Gasteiger partial charge is 0.493 e. The number of imidazole rings is 1. The van der Waals surface area contributed by atoms with Gasteiger partial charge in [-0.3, -0.25) is 0 Å². The number of nitrogens with one attached hydrogen (secondary N) is 1. The monoisotopic (exact) mass is 544 g/mol. The van der Waals surface area contributed by atoms with E-state index in [0.29, 0.717) is 31.7 Å². The number of carboxylic acids is 1. The van der Waals surface area contributed by atoms with Gasteiger partial charge < -0.3 is 19.6 Å². The maximum absolute atomic E-state index is 11.9. The van der Waals surface area contributed by atoms with Crippen molar-refractivity contribution >= 4 is 62.4 Å². The molecule has 0 unspecified atom stereocenters. The van der Waals surface area contributed by atoms with Crippen molar-refractivity contribution in [2.75, 3.05) is 7.11 Å². The van der Waals surface area contributed by atoms with E-state index in [-0.39, 0.29) is 11.5 Å². The number of halogens is 2. The van der Waals surface area contributed by atoms with Gasteiger partial charge in [-0.25, -0.2) is 9.78 Å². The Balaban J connectivity index is 1.60. The first-order chi connectivity index (χ1) is 15.9. The van der Waals surface area contributed by atoms with Crippen LogP contribution in [0.25, 0.3) is 17.1 Å². The van der Waals surface area contributed by atoms with Gasteiger partial charge >= 0.3 is 5.97 Å². The van der Waals surface area contributed by atoms with Crippen LogP contribution in [0, 0.1) is 0 Å². The van der Waals surface area contributed by atoms with Crippen molar-refractivity contribution < 1.29 is 19.4 Å². The molecule has 0 saturated carbocycles. The summed E-state index contributed by atoms with van der Waals surface area (Å²) in [6.45, 7) is 0.256. The Hall–Kier alpha value is -2.94. The molecular formula is C24H18BrClN2O4S. The molecule has 168 valence electrons. The number of methoxy groups -OCH3 is 1. The number of aromatic amines is 1. The Labute approximate surface area is 207 Å². The highest BCUT2D eigenvalue weighted by atomic mass is 79.9. The first-order valence-electron chi connectivity index (χ1n) is 9.76. The fourth-order valence-corrected chi connectivity index (χ4v) is 4.66. The van der Waals surface area contributed by atoms with E-state index in [1.54, 1.807) is 24.3 Å². The van der Waals surface area contributed by atoms with Gasteiger partial charge in [0.15, 0.2) is 16.7 Å². The van der Waals surface area contributed by atoms with E-state index in [9.17, 15) is 9.90 Å². The molecule has 0 aliphatic carbocycles. The normalized spacial score (nSPS) is 11.5. The van der Waals surface area contributed by atoms with Crippen molar-refractivity contribution in [3.63, 3.8) is 0 Å². The molecule has 0 fully saturated rings. The first kappa shape index (κ1) is 23.2. The molecular weight excluding hydrogens is 528 g/mol. The van der Waals surface area contributed by atoms with Crippen LogP contribution in [-0.4, -0.2) is 28.2 Å². The molecule has 0 bridgehead atoms. The van der Waals surface area contributed by atoms with Gasteiger partial charge in [0.2, 0.25) is 0 Å². The fourth-order valence-electron chi connectivity index (χ4n) is 3.10. The lowest BCUT2D eigenvalue weighted by Crippen LogP contribution is -2.00. The van der Waals surface area contributed by atoms with Gasteiger partial charge in [-0.15, -0.1) is 0 Å². The lowest BCUT2D eigenvalue weighted by molar-refractivity contribution is -0.131. The number of hydrogen-bond acceptors (Lipinski definition) is 5. The second kappa shape index (κ2) is 10.3. The minimum atomic E-state index is -1.06. The van der Waals surface area contributed by atoms with E-state index in [4.69, 9.17) is 21.1 Å². The van der Waals surface area contributed by atoms with Gasteiger partial charge in [-0.05, 0) is 69.7 Å². The topological polar surface area (TPSA) is 84.4 Å². The number of para-hydroxylation sites is 2. The maximum Gasteiger partial charge on any atom is 0.342 e.